The largest absolute Gasteiger partial charge is 0.472 e. The van der Waals surface area contributed by atoms with E-state index in [1.54, 1.807) is 20.1 Å². The van der Waals surface area contributed by atoms with E-state index in [0.29, 0.717) is 5.56 Å². The van der Waals surface area contributed by atoms with E-state index in [9.17, 15) is 9.59 Å². The molecule has 6 nitrogen and oxygen atoms in total. The van der Waals surface area contributed by atoms with Crippen LogP contribution < -0.4 is 10.6 Å². The summed E-state index contributed by atoms with van der Waals surface area (Å²) in [6.07, 6.45) is 3.52. The fourth-order valence-corrected chi connectivity index (χ4v) is 2.76. The molecular formula is C16H24N2O4. The Hall–Kier alpha value is -1.82. The first-order valence-corrected chi connectivity index (χ1v) is 7.40. The molecule has 0 bridgehead atoms. The standard InChI is InChI=1S/C16H24N2O4/c1-10(17-14(20)11-6-7-22-9-11)13(19)18-12-8-16(4,21-5)15(12,2)3/h6-7,9-10,12H,8H2,1-5H3,(H,17,20)(H,18,19)/t10-,12-,16+/m0/s1. The molecule has 122 valence electrons. The number of carbonyl (C=O) groups is 2. The van der Waals surface area contributed by atoms with Crippen LogP contribution in [0.25, 0.3) is 0 Å². The summed E-state index contributed by atoms with van der Waals surface area (Å²) >= 11 is 0. The zero-order valence-electron chi connectivity index (χ0n) is 13.7. The molecule has 0 unspecified atom stereocenters. The minimum atomic E-state index is -0.618. The van der Waals surface area contributed by atoms with Crippen molar-refractivity contribution in [2.45, 2.75) is 51.8 Å². The van der Waals surface area contributed by atoms with Crippen LogP contribution in [0.1, 0.15) is 44.5 Å². The van der Waals surface area contributed by atoms with Gasteiger partial charge in [0.25, 0.3) is 5.91 Å². The Kier molecular flexibility index (Phi) is 4.33. The molecule has 2 amide bonds. The fraction of sp³-hybridized carbons (Fsp3) is 0.625. The van der Waals surface area contributed by atoms with Gasteiger partial charge in [0.05, 0.1) is 17.4 Å². The molecule has 0 spiro atoms. The number of furan rings is 1. The minimum absolute atomic E-state index is 0.0261. The highest BCUT2D eigenvalue weighted by Gasteiger charge is 2.58. The lowest BCUT2D eigenvalue weighted by molar-refractivity contribution is -0.182. The Morgan fingerprint density at radius 2 is 2.09 bits per heavy atom. The predicted octanol–water partition coefficient (Wildman–Crippen LogP) is 1.72. The lowest BCUT2D eigenvalue weighted by Crippen LogP contribution is -2.69. The van der Waals surface area contributed by atoms with Crippen LogP contribution in [-0.2, 0) is 9.53 Å². The average Bonchev–Trinajstić information content (AvgIpc) is 3.00. The van der Waals surface area contributed by atoms with E-state index >= 15 is 0 Å². The van der Waals surface area contributed by atoms with Crippen molar-refractivity contribution in [3.05, 3.63) is 24.2 Å². The van der Waals surface area contributed by atoms with E-state index < -0.39 is 6.04 Å². The van der Waals surface area contributed by atoms with Crippen LogP contribution in [-0.4, -0.2) is 36.6 Å². The average molecular weight is 308 g/mol. The van der Waals surface area contributed by atoms with Crippen molar-refractivity contribution in [3.8, 4) is 0 Å². The Bertz CT molecular complexity index is 553. The number of amides is 2. The van der Waals surface area contributed by atoms with Gasteiger partial charge in [-0.3, -0.25) is 9.59 Å². The van der Waals surface area contributed by atoms with Crippen LogP contribution in [0.4, 0.5) is 0 Å². The molecule has 1 saturated carbocycles. The van der Waals surface area contributed by atoms with Crippen molar-refractivity contribution in [1.29, 1.82) is 0 Å². The van der Waals surface area contributed by atoms with Gasteiger partial charge in [0.15, 0.2) is 0 Å². The van der Waals surface area contributed by atoms with Gasteiger partial charge in [0, 0.05) is 18.6 Å². The fourth-order valence-electron chi connectivity index (χ4n) is 2.76. The smallest absolute Gasteiger partial charge is 0.255 e. The highest BCUT2D eigenvalue weighted by atomic mass is 16.5. The van der Waals surface area contributed by atoms with Gasteiger partial charge in [-0.05, 0) is 26.3 Å². The molecule has 6 heteroatoms. The highest BCUT2D eigenvalue weighted by Crippen LogP contribution is 2.51. The van der Waals surface area contributed by atoms with E-state index in [1.807, 2.05) is 6.92 Å². The van der Waals surface area contributed by atoms with E-state index in [-0.39, 0.29) is 28.9 Å². The molecule has 22 heavy (non-hydrogen) atoms. The predicted molar refractivity (Wildman–Crippen MR) is 81.4 cm³/mol. The van der Waals surface area contributed by atoms with Gasteiger partial charge in [0.2, 0.25) is 5.91 Å². The summed E-state index contributed by atoms with van der Waals surface area (Å²) in [6, 6.07) is 0.963. The second-order valence-electron chi connectivity index (χ2n) is 6.63. The SMILES string of the molecule is CO[C@]1(C)C[C@H](NC(=O)[C@H](C)NC(=O)c2ccoc2)C1(C)C. The zero-order valence-corrected chi connectivity index (χ0v) is 13.7. The molecule has 2 N–H and O–H groups in total. The van der Waals surface area contributed by atoms with Gasteiger partial charge in [-0.15, -0.1) is 0 Å². The molecule has 0 radical (unpaired) electrons. The molecular weight excluding hydrogens is 284 g/mol. The van der Waals surface area contributed by atoms with Crippen molar-refractivity contribution in [2.75, 3.05) is 7.11 Å². The topological polar surface area (TPSA) is 80.6 Å². The highest BCUT2D eigenvalue weighted by molar-refractivity contribution is 5.97. The zero-order chi connectivity index (χ0) is 16.5. The lowest BCUT2D eigenvalue weighted by Gasteiger charge is -2.59. The normalized spacial score (nSPS) is 27.6. The number of hydrogen-bond acceptors (Lipinski definition) is 4. The van der Waals surface area contributed by atoms with Crippen molar-refractivity contribution in [3.63, 3.8) is 0 Å². The van der Waals surface area contributed by atoms with Crippen LogP contribution in [0.15, 0.2) is 23.0 Å². The Labute approximate surface area is 130 Å². The van der Waals surface area contributed by atoms with Crippen molar-refractivity contribution in [1.82, 2.24) is 10.6 Å². The summed E-state index contributed by atoms with van der Waals surface area (Å²) < 4.78 is 10.4. The number of rotatable bonds is 5. The van der Waals surface area contributed by atoms with Crippen LogP contribution in [0.3, 0.4) is 0 Å². The molecule has 0 aromatic carbocycles. The van der Waals surface area contributed by atoms with Crippen LogP contribution in [0.2, 0.25) is 0 Å². The second-order valence-corrected chi connectivity index (χ2v) is 6.63. The van der Waals surface area contributed by atoms with Crippen molar-refractivity contribution >= 4 is 11.8 Å². The molecule has 1 fully saturated rings. The van der Waals surface area contributed by atoms with E-state index in [1.165, 1.54) is 12.5 Å². The van der Waals surface area contributed by atoms with Crippen LogP contribution in [0, 0.1) is 5.41 Å². The third kappa shape index (κ3) is 2.75. The third-order valence-electron chi connectivity index (χ3n) is 5.12. The Balaban J connectivity index is 1.89. The molecule has 3 atom stereocenters. The van der Waals surface area contributed by atoms with E-state index in [4.69, 9.17) is 9.15 Å². The summed E-state index contributed by atoms with van der Waals surface area (Å²) in [5.41, 5.74) is -0.00417. The molecule has 1 aliphatic rings. The van der Waals surface area contributed by atoms with Crippen molar-refractivity contribution < 1.29 is 18.7 Å². The third-order valence-corrected chi connectivity index (χ3v) is 5.12. The molecule has 1 aliphatic carbocycles. The summed E-state index contributed by atoms with van der Waals surface area (Å²) in [6.45, 7) is 7.84. The lowest BCUT2D eigenvalue weighted by atomic mass is 9.56. The number of carbonyl (C=O) groups excluding carboxylic acids is 2. The van der Waals surface area contributed by atoms with Gasteiger partial charge in [0.1, 0.15) is 12.3 Å². The molecule has 1 heterocycles. The maximum atomic E-state index is 12.2. The van der Waals surface area contributed by atoms with Crippen molar-refractivity contribution in [2.24, 2.45) is 5.41 Å². The summed E-state index contributed by atoms with van der Waals surface area (Å²) in [5.74, 6) is -0.529. The summed E-state index contributed by atoms with van der Waals surface area (Å²) in [4.78, 5) is 24.1. The molecule has 1 aromatic rings. The number of hydrogen-bond donors (Lipinski definition) is 2. The van der Waals surface area contributed by atoms with Crippen LogP contribution >= 0.6 is 0 Å². The Morgan fingerprint density at radius 3 is 2.59 bits per heavy atom. The maximum absolute atomic E-state index is 12.2. The quantitative estimate of drug-likeness (QED) is 0.868. The number of ether oxygens (including phenoxy) is 1. The summed E-state index contributed by atoms with van der Waals surface area (Å²) in [7, 11) is 1.69. The number of methoxy groups -OCH3 is 1. The number of nitrogens with one attached hydrogen (secondary N) is 2. The monoisotopic (exact) mass is 308 g/mol. The van der Waals surface area contributed by atoms with Crippen LogP contribution in [0.5, 0.6) is 0 Å². The first-order valence-electron chi connectivity index (χ1n) is 7.40. The van der Waals surface area contributed by atoms with Gasteiger partial charge in [-0.25, -0.2) is 0 Å². The second kappa shape index (κ2) is 5.76. The van der Waals surface area contributed by atoms with E-state index in [0.717, 1.165) is 6.42 Å². The Morgan fingerprint density at radius 1 is 1.41 bits per heavy atom. The first-order chi connectivity index (χ1) is 10.2. The van der Waals surface area contributed by atoms with Gasteiger partial charge in [-0.1, -0.05) is 13.8 Å². The van der Waals surface area contributed by atoms with Gasteiger partial charge < -0.3 is 19.8 Å². The van der Waals surface area contributed by atoms with Gasteiger partial charge >= 0.3 is 0 Å². The molecule has 1 aromatic heterocycles. The molecule has 0 saturated heterocycles. The first kappa shape index (κ1) is 16.5. The summed E-state index contributed by atoms with van der Waals surface area (Å²) in [5, 5.41) is 5.64. The molecule has 0 aliphatic heterocycles. The van der Waals surface area contributed by atoms with Gasteiger partial charge in [-0.2, -0.15) is 0 Å². The van der Waals surface area contributed by atoms with E-state index in [2.05, 4.69) is 24.5 Å². The minimum Gasteiger partial charge on any atom is -0.472 e. The maximum Gasteiger partial charge on any atom is 0.255 e. The molecule has 2 rings (SSSR count).